The molecule has 8 nitrogen and oxygen atoms in total. The molecular weight excluding hydrogens is 406 g/mol. The number of aryl methyl sites for hydroxylation is 1. The predicted molar refractivity (Wildman–Crippen MR) is 107 cm³/mol. The lowest BCUT2D eigenvalue weighted by atomic mass is 10.2. The summed E-state index contributed by atoms with van der Waals surface area (Å²) in [6.45, 7) is 4.53. The first-order valence-corrected chi connectivity index (χ1v) is 10.1. The number of benzene rings is 1. The number of rotatable bonds is 6. The molecule has 0 aliphatic carbocycles. The summed E-state index contributed by atoms with van der Waals surface area (Å²) in [6.07, 6.45) is 0.776. The fraction of sp³-hybridized carbons (Fsp3) is 0.389. The van der Waals surface area contributed by atoms with Crippen LogP contribution in [-0.4, -0.2) is 41.2 Å². The van der Waals surface area contributed by atoms with Gasteiger partial charge in [-0.1, -0.05) is 16.8 Å². The van der Waals surface area contributed by atoms with Crippen LogP contribution in [0.1, 0.15) is 19.1 Å². The summed E-state index contributed by atoms with van der Waals surface area (Å²) < 4.78 is 16.1. The lowest BCUT2D eigenvalue weighted by molar-refractivity contribution is -0.115. The molecule has 1 aliphatic heterocycles. The Kier molecular flexibility index (Phi) is 6.69. The van der Waals surface area contributed by atoms with Gasteiger partial charge in [-0.05, 0) is 13.8 Å². The highest BCUT2D eigenvalue weighted by atomic mass is 35.5. The third-order valence-electron chi connectivity index (χ3n) is 3.82. The number of hydrogen-bond acceptors (Lipinski definition) is 7. The molecule has 0 fully saturated rings. The minimum Gasteiger partial charge on any atom is -0.490 e. The Bertz CT molecular complexity index is 873. The molecular formula is C18H20ClN3O5S. The molecule has 1 aromatic heterocycles. The molecule has 0 unspecified atom stereocenters. The van der Waals surface area contributed by atoms with Gasteiger partial charge in [-0.15, -0.1) is 11.8 Å². The van der Waals surface area contributed by atoms with E-state index in [4.69, 9.17) is 25.6 Å². The van der Waals surface area contributed by atoms with Crippen LogP contribution in [0, 0.1) is 6.92 Å². The first-order valence-electron chi connectivity index (χ1n) is 8.67. The average molecular weight is 426 g/mol. The fourth-order valence-corrected chi connectivity index (χ4v) is 3.28. The highest BCUT2D eigenvalue weighted by Gasteiger charge is 2.19. The Morgan fingerprint density at radius 3 is 2.61 bits per heavy atom. The summed E-state index contributed by atoms with van der Waals surface area (Å²) in [7, 11) is 0. The predicted octanol–water partition coefficient (Wildman–Crippen LogP) is 3.50. The van der Waals surface area contributed by atoms with Gasteiger partial charge >= 0.3 is 0 Å². The summed E-state index contributed by atoms with van der Waals surface area (Å²) >= 11 is 7.42. The van der Waals surface area contributed by atoms with E-state index in [1.165, 1.54) is 11.8 Å². The van der Waals surface area contributed by atoms with E-state index in [-0.39, 0.29) is 17.6 Å². The third kappa shape index (κ3) is 5.32. The molecule has 2 amide bonds. The minimum atomic E-state index is -0.456. The Morgan fingerprint density at radius 2 is 1.93 bits per heavy atom. The first-order chi connectivity index (χ1) is 13.4. The number of thioether (sulfide) groups is 1. The van der Waals surface area contributed by atoms with Crippen molar-refractivity contribution < 1.29 is 23.6 Å². The topological polar surface area (TPSA) is 103 Å². The highest BCUT2D eigenvalue weighted by Crippen LogP contribution is 2.37. The molecule has 3 rings (SSSR count). The van der Waals surface area contributed by atoms with Crippen LogP contribution in [0.5, 0.6) is 11.5 Å². The van der Waals surface area contributed by atoms with Crippen LogP contribution in [-0.2, 0) is 9.59 Å². The molecule has 10 heteroatoms. The van der Waals surface area contributed by atoms with E-state index in [2.05, 4.69) is 15.8 Å². The SMILES string of the molecule is Cc1cc(NC(=O)[C@H](C)SCC(=O)Nc2cc3c(cc2Cl)OCCCO3)no1. The van der Waals surface area contributed by atoms with Crippen LogP contribution in [0.15, 0.2) is 22.7 Å². The van der Waals surface area contributed by atoms with Gasteiger partial charge < -0.3 is 24.6 Å². The summed E-state index contributed by atoms with van der Waals surface area (Å²) in [4.78, 5) is 24.4. The van der Waals surface area contributed by atoms with Crippen LogP contribution in [0.4, 0.5) is 11.5 Å². The number of ether oxygens (including phenoxy) is 2. The van der Waals surface area contributed by atoms with E-state index in [1.54, 1.807) is 32.0 Å². The van der Waals surface area contributed by atoms with Gasteiger partial charge in [0, 0.05) is 24.6 Å². The van der Waals surface area contributed by atoms with E-state index in [0.29, 0.717) is 47.0 Å². The Hall–Kier alpha value is -2.39. The maximum atomic E-state index is 12.3. The lowest BCUT2D eigenvalue weighted by Gasteiger charge is -2.13. The molecule has 0 radical (unpaired) electrons. The molecule has 0 saturated carbocycles. The average Bonchev–Trinajstić information content (AvgIpc) is 2.93. The molecule has 28 heavy (non-hydrogen) atoms. The highest BCUT2D eigenvalue weighted by molar-refractivity contribution is 8.01. The maximum absolute atomic E-state index is 12.3. The summed E-state index contributed by atoms with van der Waals surface area (Å²) in [5.74, 6) is 1.58. The molecule has 2 heterocycles. The standard InChI is InChI=1S/C18H20ClN3O5S/c1-10-6-16(22-27-10)21-18(24)11(2)28-9-17(23)20-13-8-15-14(7-12(13)19)25-4-3-5-26-15/h6-8,11H,3-5,9H2,1-2H3,(H,20,23)(H,21,22,24)/t11-/m0/s1. The van der Waals surface area contributed by atoms with Gasteiger partial charge in [-0.2, -0.15) is 0 Å². The van der Waals surface area contributed by atoms with Crippen molar-refractivity contribution in [3.05, 3.63) is 29.0 Å². The van der Waals surface area contributed by atoms with Crippen molar-refractivity contribution in [2.45, 2.75) is 25.5 Å². The van der Waals surface area contributed by atoms with Crippen molar-refractivity contribution >= 4 is 46.7 Å². The number of carbonyl (C=O) groups is 2. The molecule has 2 N–H and O–H groups in total. The zero-order chi connectivity index (χ0) is 20.1. The van der Waals surface area contributed by atoms with Gasteiger partial charge in [0.1, 0.15) is 5.76 Å². The summed E-state index contributed by atoms with van der Waals surface area (Å²) in [5.41, 5.74) is 0.437. The van der Waals surface area contributed by atoms with Gasteiger partial charge in [0.05, 0.1) is 34.9 Å². The monoisotopic (exact) mass is 425 g/mol. The van der Waals surface area contributed by atoms with Gasteiger partial charge in [0.2, 0.25) is 11.8 Å². The van der Waals surface area contributed by atoms with Crippen molar-refractivity contribution in [2.24, 2.45) is 0 Å². The zero-order valence-electron chi connectivity index (χ0n) is 15.4. The second kappa shape index (κ2) is 9.20. The van der Waals surface area contributed by atoms with Gasteiger partial charge in [0.25, 0.3) is 0 Å². The molecule has 1 aliphatic rings. The molecule has 0 bridgehead atoms. The van der Waals surface area contributed by atoms with Crippen molar-refractivity contribution in [1.82, 2.24) is 5.16 Å². The van der Waals surface area contributed by atoms with Crippen molar-refractivity contribution in [3.8, 4) is 11.5 Å². The number of anilines is 2. The Labute approximate surface area is 171 Å². The molecule has 2 aromatic rings. The van der Waals surface area contributed by atoms with E-state index in [1.807, 2.05) is 0 Å². The molecule has 0 saturated heterocycles. The Balaban J connectivity index is 1.52. The van der Waals surface area contributed by atoms with Gasteiger partial charge in [-0.25, -0.2) is 0 Å². The van der Waals surface area contributed by atoms with Crippen LogP contribution in [0.2, 0.25) is 5.02 Å². The number of fused-ring (bicyclic) bond motifs is 1. The largest absolute Gasteiger partial charge is 0.490 e. The van der Waals surface area contributed by atoms with Crippen LogP contribution >= 0.6 is 23.4 Å². The lowest BCUT2D eigenvalue weighted by Crippen LogP contribution is -2.25. The maximum Gasteiger partial charge on any atom is 0.238 e. The molecule has 0 spiro atoms. The second-order valence-electron chi connectivity index (χ2n) is 6.14. The number of halogens is 1. The van der Waals surface area contributed by atoms with E-state index >= 15 is 0 Å². The van der Waals surface area contributed by atoms with Crippen molar-refractivity contribution in [1.29, 1.82) is 0 Å². The summed E-state index contributed by atoms with van der Waals surface area (Å²) in [6, 6.07) is 4.89. The van der Waals surface area contributed by atoms with Crippen LogP contribution in [0.3, 0.4) is 0 Å². The number of amides is 2. The van der Waals surface area contributed by atoms with E-state index in [9.17, 15) is 9.59 Å². The number of aromatic nitrogens is 1. The normalized spacial score (nSPS) is 14.1. The molecule has 150 valence electrons. The number of nitrogens with one attached hydrogen (secondary N) is 2. The van der Waals surface area contributed by atoms with E-state index in [0.717, 1.165) is 6.42 Å². The first kappa shape index (κ1) is 20.3. The van der Waals surface area contributed by atoms with Gasteiger partial charge in [0.15, 0.2) is 17.3 Å². The smallest absolute Gasteiger partial charge is 0.238 e. The Morgan fingerprint density at radius 1 is 1.21 bits per heavy atom. The zero-order valence-corrected chi connectivity index (χ0v) is 17.0. The number of nitrogens with zero attached hydrogens (tertiary/aromatic N) is 1. The van der Waals surface area contributed by atoms with Crippen molar-refractivity contribution in [3.63, 3.8) is 0 Å². The molecule has 1 aromatic carbocycles. The second-order valence-corrected chi connectivity index (χ2v) is 7.88. The van der Waals surface area contributed by atoms with Crippen LogP contribution in [0.25, 0.3) is 0 Å². The van der Waals surface area contributed by atoms with Crippen molar-refractivity contribution in [2.75, 3.05) is 29.6 Å². The van der Waals surface area contributed by atoms with Gasteiger partial charge in [-0.3, -0.25) is 9.59 Å². The summed E-state index contributed by atoms with van der Waals surface area (Å²) in [5, 5.41) is 8.99. The minimum absolute atomic E-state index is 0.0806. The third-order valence-corrected chi connectivity index (χ3v) is 5.28. The number of carbonyl (C=O) groups excluding carboxylic acids is 2. The number of hydrogen-bond donors (Lipinski definition) is 2. The molecule has 1 atom stereocenters. The van der Waals surface area contributed by atoms with E-state index < -0.39 is 5.25 Å². The fourth-order valence-electron chi connectivity index (χ4n) is 2.40. The quantitative estimate of drug-likeness (QED) is 0.730. The van der Waals surface area contributed by atoms with Crippen LogP contribution < -0.4 is 20.1 Å².